The second-order valence-corrected chi connectivity index (χ2v) is 6.72. The Bertz CT molecular complexity index is 779. The number of rotatable bonds is 4. The number of hydrogen-bond acceptors (Lipinski definition) is 6. The number of anilines is 1. The van der Waals surface area contributed by atoms with E-state index in [4.69, 9.17) is 5.11 Å². The average molecular weight is 350 g/mol. The molecule has 2 atom stereocenters. The normalized spacial score (nSPS) is 25.8. The summed E-state index contributed by atoms with van der Waals surface area (Å²) in [5.74, 6) is -2.69. The van der Waals surface area contributed by atoms with Crippen LogP contribution in [0.4, 0.5) is 10.5 Å². The largest absolute Gasteiger partial charge is 0.481 e. The molecule has 1 fully saturated rings. The molecule has 1 saturated heterocycles. The van der Waals surface area contributed by atoms with Crippen LogP contribution in [0, 0.1) is 6.92 Å². The Morgan fingerprint density at radius 3 is 2.75 bits per heavy atom. The Kier molecular flexibility index (Phi) is 3.84. The van der Waals surface area contributed by atoms with Gasteiger partial charge in [-0.3, -0.25) is 24.1 Å². The third kappa shape index (κ3) is 2.36. The van der Waals surface area contributed by atoms with Crippen LogP contribution < -0.4 is 5.32 Å². The minimum atomic E-state index is -2.17. The van der Waals surface area contributed by atoms with Crippen molar-refractivity contribution in [2.45, 2.75) is 24.2 Å². The number of nitrogens with zero attached hydrogens (tertiary/aromatic N) is 1. The first-order valence-electron chi connectivity index (χ1n) is 7.14. The van der Waals surface area contributed by atoms with Crippen molar-refractivity contribution in [1.82, 2.24) is 4.90 Å². The number of benzene rings is 1. The number of hydrogen-bond donors (Lipinski definition) is 3. The van der Waals surface area contributed by atoms with Gasteiger partial charge in [0.2, 0.25) is 5.91 Å². The summed E-state index contributed by atoms with van der Waals surface area (Å²) in [6.07, 6.45) is -0.398. The fourth-order valence-electron chi connectivity index (χ4n) is 2.80. The summed E-state index contributed by atoms with van der Waals surface area (Å²) < 4.78 is 0. The molecular formula is C15H14N2O6S. The predicted molar refractivity (Wildman–Crippen MR) is 84.4 cm³/mol. The number of carboxylic acid groups (broad SMARTS) is 1. The predicted octanol–water partition coefficient (Wildman–Crippen LogP) is 0.673. The Balaban J connectivity index is 1.96. The maximum Gasteiger partial charge on any atom is 0.305 e. The SMILES string of the molecule is Cc1ccc2c(c1)C(O)(C1SC(=O)N(CCC(=O)O)C1=O)C(=O)N2. The summed E-state index contributed by atoms with van der Waals surface area (Å²) in [6, 6.07) is 4.96. The fourth-order valence-corrected chi connectivity index (χ4v) is 3.94. The number of aliphatic hydroxyl groups is 1. The van der Waals surface area contributed by atoms with Crippen molar-refractivity contribution in [2.75, 3.05) is 11.9 Å². The van der Waals surface area contributed by atoms with Crippen LogP contribution in [0.2, 0.25) is 0 Å². The molecule has 3 amide bonds. The van der Waals surface area contributed by atoms with Crippen LogP contribution in [0.3, 0.4) is 0 Å². The molecule has 9 heteroatoms. The van der Waals surface area contributed by atoms with E-state index in [1.165, 1.54) is 0 Å². The molecular weight excluding hydrogens is 336 g/mol. The first kappa shape index (κ1) is 16.5. The molecule has 1 aromatic rings. The highest BCUT2D eigenvalue weighted by Crippen LogP contribution is 2.46. The van der Waals surface area contributed by atoms with Crippen molar-refractivity contribution < 1.29 is 29.4 Å². The maximum atomic E-state index is 12.5. The van der Waals surface area contributed by atoms with E-state index < -0.39 is 40.3 Å². The Morgan fingerprint density at radius 1 is 1.38 bits per heavy atom. The van der Waals surface area contributed by atoms with Gasteiger partial charge in [0, 0.05) is 17.8 Å². The van der Waals surface area contributed by atoms with Crippen LogP contribution in [0.5, 0.6) is 0 Å². The van der Waals surface area contributed by atoms with Gasteiger partial charge < -0.3 is 15.5 Å². The van der Waals surface area contributed by atoms with Gasteiger partial charge in [0.25, 0.3) is 11.1 Å². The molecule has 24 heavy (non-hydrogen) atoms. The van der Waals surface area contributed by atoms with Crippen LogP contribution in [0.25, 0.3) is 0 Å². The number of fused-ring (bicyclic) bond motifs is 1. The van der Waals surface area contributed by atoms with Gasteiger partial charge in [-0.15, -0.1) is 0 Å². The van der Waals surface area contributed by atoms with Crippen LogP contribution >= 0.6 is 11.8 Å². The lowest BCUT2D eigenvalue weighted by atomic mass is 9.89. The molecule has 0 spiro atoms. The number of aryl methyl sites for hydroxylation is 1. The quantitative estimate of drug-likeness (QED) is 0.729. The van der Waals surface area contributed by atoms with Crippen LogP contribution in [0.1, 0.15) is 17.5 Å². The van der Waals surface area contributed by atoms with Gasteiger partial charge in [0.15, 0.2) is 5.60 Å². The van der Waals surface area contributed by atoms with Crippen molar-refractivity contribution in [3.8, 4) is 0 Å². The van der Waals surface area contributed by atoms with E-state index in [-0.39, 0.29) is 12.1 Å². The van der Waals surface area contributed by atoms with Gasteiger partial charge in [0.1, 0.15) is 5.25 Å². The van der Waals surface area contributed by atoms with E-state index in [9.17, 15) is 24.3 Å². The highest BCUT2D eigenvalue weighted by Gasteiger charge is 2.59. The van der Waals surface area contributed by atoms with Crippen LogP contribution in [-0.4, -0.2) is 49.9 Å². The van der Waals surface area contributed by atoms with E-state index in [2.05, 4.69) is 5.32 Å². The highest BCUT2D eigenvalue weighted by molar-refractivity contribution is 8.15. The summed E-state index contributed by atoms with van der Waals surface area (Å²) in [5.41, 5.74) is -0.756. The summed E-state index contributed by atoms with van der Waals surface area (Å²) in [5, 5.41) is 20.2. The Hall–Kier alpha value is -2.39. The Labute approximate surface area is 140 Å². The number of amides is 3. The van der Waals surface area contributed by atoms with Crippen molar-refractivity contribution in [3.05, 3.63) is 29.3 Å². The monoisotopic (exact) mass is 350 g/mol. The molecule has 2 unspecified atom stereocenters. The fraction of sp³-hybridized carbons (Fsp3) is 0.333. The minimum Gasteiger partial charge on any atom is -0.481 e. The number of carbonyl (C=O) groups is 4. The zero-order chi connectivity index (χ0) is 17.6. The standard InChI is InChI=1S/C15H14N2O6S/c1-7-2-3-9-8(6-7)15(23,13(21)16-9)11-12(20)17(14(22)24-11)5-4-10(18)19/h2-3,6,11,23H,4-5H2,1H3,(H,16,21)(H,18,19). The van der Waals surface area contributed by atoms with E-state index >= 15 is 0 Å². The third-order valence-electron chi connectivity index (χ3n) is 4.04. The highest BCUT2D eigenvalue weighted by atomic mass is 32.2. The molecule has 126 valence electrons. The first-order chi connectivity index (χ1) is 11.2. The van der Waals surface area contributed by atoms with Crippen molar-refractivity contribution >= 4 is 40.5 Å². The van der Waals surface area contributed by atoms with E-state index in [0.717, 1.165) is 10.5 Å². The van der Waals surface area contributed by atoms with Crippen molar-refractivity contribution in [1.29, 1.82) is 0 Å². The molecule has 0 aromatic heterocycles. The molecule has 0 radical (unpaired) electrons. The van der Waals surface area contributed by atoms with Gasteiger partial charge in [-0.05, 0) is 24.8 Å². The van der Waals surface area contributed by atoms with Gasteiger partial charge in [0.05, 0.1) is 6.42 Å². The molecule has 8 nitrogen and oxygen atoms in total. The summed E-state index contributed by atoms with van der Waals surface area (Å²) in [7, 11) is 0. The first-order valence-corrected chi connectivity index (χ1v) is 8.02. The molecule has 3 rings (SSSR count). The molecule has 2 aliphatic rings. The smallest absolute Gasteiger partial charge is 0.305 e. The summed E-state index contributed by atoms with van der Waals surface area (Å²) in [4.78, 5) is 48.3. The van der Waals surface area contributed by atoms with Crippen molar-refractivity contribution in [3.63, 3.8) is 0 Å². The Morgan fingerprint density at radius 2 is 2.08 bits per heavy atom. The lowest BCUT2D eigenvalue weighted by Gasteiger charge is -2.25. The number of thioether (sulfide) groups is 1. The maximum absolute atomic E-state index is 12.5. The second kappa shape index (κ2) is 5.60. The third-order valence-corrected chi connectivity index (χ3v) is 5.24. The number of aliphatic carboxylic acids is 1. The average Bonchev–Trinajstić information content (AvgIpc) is 2.93. The minimum absolute atomic E-state index is 0.242. The molecule has 1 aromatic carbocycles. The number of nitrogens with one attached hydrogen (secondary N) is 1. The number of carboxylic acids is 1. The van der Waals surface area contributed by atoms with Crippen LogP contribution in [0.15, 0.2) is 18.2 Å². The lowest BCUT2D eigenvalue weighted by molar-refractivity contribution is -0.143. The lowest BCUT2D eigenvalue weighted by Crippen LogP contribution is -2.48. The zero-order valence-corrected chi connectivity index (χ0v) is 13.4. The molecule has 0 aliphatic carbocycles. The zero-order valence-electron chi connectivity index (χ0n) is 12.6. The molecule has 0 bridgehead atoms. The molecule has 2 heterocycles. The van der Waals surface area contributed by atoms with Gasteiger partial charge in [-0.1, -0.05) is 17.7 Å². The topological polar surface area (TPSA) is 124 Å². The van der Waals surface area contributed by atoms with E-state index in [1.807, 2.05) is 0 Å². The van der Waals surface area contributed by atoms with Gasteiger partial charge in [-0.25, -0.2) is 0 Å². The molecule has 0 saturated carbocycles. The van der Waals surface area contributed by atoms with E-state index in [0.29, 0.717) is 17.4 Å². The van der Waals surface area contributed by atoms with Crippen LogP contribution in [-0.2, 0) is 20.0 Å². The van der Waals surface area contributed by atoms with E-state index in [1.54, 1.807) is 25.1 Å². The molecule has 3 N–H and O–H groups in total. The second-order valence-electron chi connectivity index (χ2n) is 5.67. The van der Waals surface area contributed by atoms with Gasteiger partial charge in [-0.2, -0.15) is 0 Å². The number of imide groups is 1. The van der Waals surface area contributed by atoms with Gasteiger partial charge >= 0.3 is 5.97 Å². The molecule has 2 aliphatic heterocycles. The van der Waals surface area contributed by atoms with Crippen molar-refractivity contribution in [2.24, 2.45) is 0 Å². The summed E-state index contributed by atoms with van der Waals surface area (Å²) >= 11 is 0.536. The number of carbonyl (C=O) groups excluding carboxylic acids is 3. The summed E-state index contributed by atoms with van der Waals surface area (Å²) in [6.45, 7) is 1.48.